The Bertz CT molecular complexity index is 6710. The lowest BCUT2D eigenvalue weighted by Crippen LogP contribution is -2.13. The Balaban J connectivity index is 0.000000119. The molecular weight excluding hydrogens is 1680 g/mol. The van der Waals surface area contributed by atoms with E-state index in [-0.39, 0.29) is 24.2 Å². The molecule has 4 aliphatic heterocycles. The van der Waals surface area contributed by atoms with Crippen LogP contribution < -0.4 is 23.8 Å². The summed E-state index contributed by atoms with van der Waals surface area (Å²) in [5.74, 6) is 7.81. The largest absolute Gasteiger partial charge is 0.497 e. The minimum Gasteiger partial charge on any atom is -0.497 e. The number of para-hydroxylation sites is 1. The Hall–Kier alpha value is -14.3. The number of ether oxygens (including phenoxy) is 8. The van der Waals surface area contributed by atoms with Crippen LogP contribution in [0.2, 0.25) is 5.02 Å². The van der Waals surface area contributed by atoms with Crippen LogP contribution in [0, 0.1) is 6.92 Å². The third kappa shape index (κ3) is 20.6. The van der Waals surface area contributed by atoms with Crippen LogP contribution in [0.15, 0.2) is 299 Å². The second kappa shape index (κ2) is 42.3. The lowest BCUT2D eigenvalue weighted by Gasteiger charge is -2.18. The van der Waals surface area contributed by atoms with Crippen molar-refractivity contribution in [3.05, 3.63) is 355 Å². The lowest BCUT2D eigenvalue weighted by molar-refractivity contribution is 0.0924. The second-order valence-corrected chi connectivity index (χ2v) is 34.0. The number of imidazole rings is 4. The summed E-state index contributed by atoms with van der Waals surface area (Å²) in [4.78, 5) is 48.5. The zero-order chi connectivity index (χ0) is 90.9. The van der Waals surface area contributed by atoms with Gasteiger partial charge in [-0.3, -0.25) is 24.9 Å². The van der Waals surface area contributed by atoms with Gasteiger partial charge >= 0.3 is 0 Å². The molecule has 17 aromatic rings. The first-order valence-electron chi connectivity index (χ1n) is 45.1. The van der Waals surface area contributed by atoms with E-state index in [4.69, 9.17) is 74.4 Å². The average molecular weight is 1790 g/mol. The van der Waals surface area contributed by atoms with E-state index in [1.165, 1.54) is 5.69 Å². The van der Waals surface area contributed by atoms with E-state index in [1.807, 2.05) is 233 Å². The van der Waals surface area contributed by atoms with Crippen LogP contribution >= 0.6 is 11.6 Å². The van der Waals surface area contributed by atoms with Crippen LogP contribution in [0.25, 0.3) is 101 Å². The fourth-order valence-corrected chi connectivity index (χ4v) is 18.1. The third-order valence-electron chi connectivity index (χ3n) is 24.8. The molecule has 0 radical (unpaired) electrons. The smallest absolute Gasteiger partial charge is 0.118 e. The van der Waals surface area contributed by atoms with Crippen molar-refractivity contribution < 1.29 is 37.9 Å². The van der Waals surface area contributed by atoms with Crippen LogP contribution in [-0.2, 0) is 71.1 Å². The molecule has 14 heterocycles. The molecule has 0 saturated carbocycles. The fraction of sp³-hybridized carbons (Fsp3) is 0.248. The molecule has 672 valence electrons. The van der Waals surface area contributed by atoms with Gasteiger partial charge in [0.1, 0.15) is 52.0 Å². The van der Waals surface area contributed by atoms with Crippen molar-refractivity contribution in [2.45, 2.75) is 109 Å². The number of benzene rings is 7. The molecule has 0 saturated heterocycles. The van der Waals surface area contributed by atoms with Gasteiger partial charge < -0.3 is 61.1 Å². The Kier molecular flexibility index (Phi) is 28.4. The van der Waals surface area contributed by atoms with Gasteiger partial charge in [-0.2, -0.15) is 0 Å². The topological polar surface area (TPSA) is 226 Å². The minimum atomic E-state index is 0.216. The van der Waals surface area contributed by atoms with Crippen molar-refractivity contribution in [3.63, 3.8) is 0 Å². The number of hydrogen-bond donors (Lipinski definition) is 0. The van der Waals surface area contributed by atoms with E-state index in [0.29, 0.717) is 52.9 Å². The molecule has 0 amide bonds. The number of hydrogen-bond acceptors (Lipinski definition) is 19. The van der Waals surface area contributed by atoms with Gasteiger partial charge in [0.15, 0.2) is 0 Å². The number of halogens is 1. The molecule has 0 spiro atoms. The van der Waals surface area contributed by atoms with Gasteiger partial charge in [-0.25, -0.2) is 24.9 Å². The molecule has 7 aromatic carbocycles. The maximum atomic E-state index is 6.46. The van der Waals surface area contributed by atoms with Crippen molar-refractivity contribution in [2.75, 3.05) is 73.9 Å². The molecule has 4 aliphatic rings. The number of rotatable bonds is 29. The van der Waals surface area contributed by atoms with Crippen molar-refractivity contribution in [1.82, 2.24) is 68.1 Å². The SMILES string of the molecule is COc1ccc(COC[C@@H]2CCc3nc(-c4ccc(C)c(Cl)c4)c(-c4ccncc4)n32)cc1.COc1ccc(COC[C@@H]2CCc3nc(-c4ccc(N(C)C)cc4)c(-c4ccncc4)n32)cc1.COc1ccc(COC[C@@H]2CCc3nc(-c4ccc5ccccc5n4)c(-c4ccncc4)n32)cc1.COc1ccc(COC[C@@H]2CCc3nc(-c4cccnc4)c(-c4ccncc4)n32)cc1. The van der Waals surface area contributed by atoms with Crippen molar-refractivity contribution in [1.29, 1.82) is 0 Å². The molecule has 10 aromatic heterocycles. The highest BCUT2D eigenvalue weighted by Crippen LogP contribution is 2.46. The number of pyridine rings is 6. The van der Waals surface area contributed by atoms with Crippen LogP contribution in [0.4, 0.5) is 5.69 Å². The van der Waals surface area contributed by atoms with E-state index in [9.17, 15) is 0 Å². The highest BCUT2D eigenvalue weighted by atomic mass is 35.5. The number of fused-ring (bicyclic) bond motifs is 5. The first-order chi connectivity index (χ1) is 65.4. The van der Waals surface area contributed by atoms with Crippen LogP contribution in [0.5, 0.6) is 23.0 Å². The summed E-state index contributed by atoms with van der Waals surface area (Å²) in [6.07, 6.45) is 26.1. The molecule has 0 unspecified atom stereocenters. The van der Waals surface area contributed by atoms with E-state index in [1.54, 1.807) is 34.6 Å². The van der Waals surface area contributed by atoms with Crippen molar-refractivity contribution >= 4 is 28.2 Å². The first-order valence-corrected chi connectivity index (χ1v) is 45.5. The highest BCUT2D eigenvalue weighted by molar-refractivity contribution is 6.31. The molecule has 24 heteroatoms. The van der Waals surface area contributed by atoms with Crippen LogP contribution in [0.1, 0.15) is 101 Å². The first kappa shape index (κ1) is 89.3. The summed E-state index contributed by atoms with van der Waals surface area (Å²) < 4.78 is 55.0. The van der Waals surface area contributed by atoms with Crippen molar-refractivity contribution in [2.24, 2.45) is 0 Å². The summed E-state index contributed by atoms with van der Waals surface area (Å²) in [7, 11) is 10.8. The summed E-state index contributed by atoms with van der Waals surface area (Å²) in [5, 5.41) is 1.87. The van der Waals surface area contributed by atoms with Gasteiger partial charge in [0.25, 0.3) is 0 Å². The van der Waals surface area contributed by atoms with Gasteiger partial charge in [0.05, 0.1) is 157 Å². The van der Waals surface area contributed by atoms with Gasteiger partial charge in [-0.15, -0.1) is 0 Å². The molecule has 21 rings (SSSR count). The quantitative estimate of drug-likeness (QED) is 0.0425. The Morgan fingerprint density at radius 2 is 0.669 bits per heavy atom. The predicted molar refractivity (Wildman–Crippen MR) is 521 cm³/mol. The molecule has 0 N–H and O–H groups in total. The minimum absolute atomic E-state index is 0.216. The van der Waals surface area contributed by atoms with Gasteiger partial charge in [0.2, 0.25) is 0 Å². The van der Waals surface area contributed by atoms with Gasteiger partial charge in [-0.05, 0) is 200 Å². The normalized spacial score (nSPS) is 14.9. The summed E-state index contributed by atoms with van der Waals surface area (Å²) in [6, 6.07) is 80.5. The van der Waals surface area contributed by atoms with E-state index < -0.39 is 0 Å². The monoisotopic (exact) mass is 1790 g/mol. The Labute approximate surface area is 780 Å². The number of methoxy groups -OCH3 is 4. The Morgan fingerprint density at radius 3 is 1.02 bits per heavy atom. The predicted octanol–water partition coefficient (Wildman–Crippen LogP) is 22.3. The van der Waals surface area contributed by atoms with E-state index in [2.05, 4.69) is 129 Å². The molecular formula is C109H106ClN15O8. The summed E-state index contributed by atoms with van der Waals surface area (Å²) >= 11 is 6.46. The summed E-state index contributed by atoms with van der Waals surface area (Å²) in [5.41, 5.74) is 24.5. The van der Waals surface area contributed by atoms with E-state index in [0.717, 1.165) is 232 Å². The van der Waals surface area contributed by atoms with Gasteiger partial charge in [0, 0.05) is 157 Å². The second-order valence-electron chi connectivity index (χ2n) is 33.6. The fourth-order valence-electron chi connectivity index (χ4n) is 17.9. The zero-order valence-electron chi connectivity index (χ0n) is 75.8. The molecule has 133 heavy (non-hydrogen) atoms. The molecule has 0 fully saturated rings. The molecule has 0 bridgehead atoms. The molecule has 23 nitrogen and oxygen atoms in total. The Morgan fingerprint density at radius 1 is 0.323 bits per heavy atom. The average Bonchev–Trinajstić information content (AvgIpc) is 1.61. The number of aromatic nitrogens is 14. The standard InChI is InChI=1S/C29H26N4O2.C28H30N4O2.C27H26ClN3O2.C25H24N4O2/c1-34-24-10-6-20(7-11-24)18-35-19-23-9-13-27-32-28(29(33(23)27)22-14-16-30-17-15-22)26-12-8-21-4-2-3-5-25(21)31-26;1-31(2)23-8-6-21(7-9-23)27-28(22-14-16-29-17-15-22)32-24(10-13-26(32)30-27)19-34-18-20-4-11-25(33-3)12-5-20;1-18-3-6-21(15-24(18)28)26-27(20-11-13-29-14-12-20)31-22(7-10-25(31)30-26)17-33-16-19-4-8-23(32-2)9-5-19;1-30-22-7-4-18(5-8-22)16-31-17-21-6-9-23-28-24(20-3-2-12-27-15-20)25(29(21)23)19-10-13-26-14-11-19/h2-8,10-12,14-17,23H,9,13,18-19H2,1H3;4-9,11-12,14-17,24H,10,13,18-19H2,1-3H3;3-6,8-9,11-15,22H,7,10,16-17H2,1-2H3;2-5,7-8,10-15,21H,6,9,16-17H2,1H3/t23-;24-;22-;21-/m0000/s1. The highest BCUT2D eigenvalue weighted by Gasteiger charge is 2.36. The number of aryl methyl sites for hydroxylation is 5. The molecule has 0 aliphatic carbocycles. The number of nitrogens with zero attached hydrogens (tertiary/aromatic N) is 15. The third-order valence-corrected chi connectivity index (χ3v) is 25.3. The molecule has 4 atom stereocenters. The van der Waals surface area contributed by atoms with Gasteiger partial charge in [-0.1, -0.05) is 109 Å². The lowest BCUT2D eigenvalue weighted by atomic mass is 10.0. The zero-order valence-corrected chi connectivity index (χ0v) is 76.5. The van der Waals surface area contributed by atoms with E-state index >= 15 is 0 Å². The van der Waals surface area contributed by atoms with Crippen LogP contribution in [0.3, 0.4) is 0 Å². The van der Waals surface area contributed by atoms with Crippen LogP contribution in [-0.4, -0.2) is 137 Å². The number of anilines is 1. The van der Waals surface area contributed by atoms with Crippen molar-refractivity contribution in [3.8, 4) is 113 Å². The maximum absolute atomic E-state index is 6.46. The maximum Gasteiger partial charge on any atom is 0.118 e. The summed E-state index contributed by atoms with van der Waals surface area (Å²) in [6.45, 7) is 6.83.